The zero-order valence-corrected chi connectivity index (χ0v) is 15.2. The van der Waals surface area contributed by atoms with Crippen LogP contribution >= 0.6 is 23.2 Å². The van der Waals surface area contributed by atoms with Gasteiger partial charge in [-0.3, -0.25) is 14.5 Å². The van der Waals surface area contributed by atoms with E-state index in [4.69, 9.17) is 23.2 Å². The SMILES string of the molecule is CCCC(NC(=O)O)c1nc2c(Cl)ccc(Cl)c2c(=O)n1-c1cn[nH]c1. The summed E-state index contributed by atoms with van der Waals surface area (Å²) in [5.41, 5.74) is 0.197. The first-order valence-electron chi connectivity index (χ1n) is 7.83. The lowest BCUT2D eigenvalue weighted by molar-refractivity contribution is 0.188. The molecule has 1 aromatic carbocycles. The van der Waals surface area contributed by atoms with Crippen LogP contribution in [-0.4, -0.2) is 30.9 Å². The molecule has 0 saturated heterocycles. The van der Waals surface area contributed by atoms with Crippen LogP contribution in [0.5, 0.6) is 0 Å². The molecule has 2 heterocycles. The predicted octanol–water partition coefficient (Wildman–Crippen LogP) is 3.52. The van der Waals surface area contributed by atoms with Crippen molar-refractivity contribution in [3.63, 3.8) is 0 Å². The Hall–Kier alpha value is -2.58. The summed E-state index contributed by atoms with van der Waals surface area (Å²) in [7, 11) is 0. The highest BCUT2D eigenvalue weighted by Gasteiger charge is 2.24. The Balaban J connectivity index is 2.39. The molecule has 2 aromatic heterocycles. The smallest absolute Gasteiger partial charge is 0.405 e. The number of amides is 1. The second-order valence-electron chi connectivity index (χ2n) is 5.61. The van der Waals surface area contributed by atoms with E-state index in [1.165, 1.54) is 23.0 Å². The van der Waals surface area contributed by atoms with Crippen LogP contribution < -0.4 is 10.9 Å². The molecule has 0 radical (unpaired) electrons. The molecule has 26 heavy (non-hydrogen) atoms. The number of rotatable bonds is 5. The number of carbonyl (C=O) groups is 1. The van der Waals surface area contributed by atoms with E-state index >= 15 is 0 Å². The minimum atomic E-state index is -1.21. The topological polar surface area (TPSA) is 113 Å². The van der Waals surface area contributed by atoms with E-state index < -0.39 is 17.7 Å². The van der Waals surface area contributed by atoms with Gasteiger partial charge >= 0.3 is 6.09 Å². The fraction of sp³-hybridized carbons (Fsp3) is 0.250. The van der Waals surface area contributed by atoms with E-state index in [0.29, 0.717) is 18.5 Å². The molecule has 0 fully saturated rings. The Morgan fingerprint density at radius 2 is 2.12 bits per heavy atom. The maximum Gasteiger partial charge on any atom is 0.405 e. The molecule has 0 spiro atoms. The lowest BCUT2D eigenvalue weighted by Crippen LogP contribution is -2.34. The van der Waals surface area contributed by atoms with Gasteiger partial charge in [0.2, 0.25) is 0 Å². The number of halogens is 2. The van der Waals surface area contributed by atoms with Crippen molar-refractivity contribution in [2.24, 2.45) is 0 Å². The molecule has 1 unspecified atom stereocenters. The van der Waals surface area contributed by atoms with Gasteiger partial charge in [0.05, 0.1) is 38.9 Å². The van der Waals surface area contributed by atoms with Gasteiger partial charge in [-0.05, 0) is 18.6 Å². The molecule has 0 saturated carbocycles. The number of benzene rings is 1. The maximum atomic E-state index is 13.2. The summed E-state index contributed by atoms with van der Waals surface area (Å²) in [6, 6.07) is 2.36. The van der Waals surface area contributed by atoms with E-state index in [9.17, 15) is 14.7 Å². The summed E-state index contributed by atoms with van der Waals surface area (Å²) in [6.45, 7) is 1.90. The molecule has 3 rings (SSSR count). The number of H-pyrrole nitrogens is 1. The summed E-state index contributed by atoms with van der Waals surface area (Å²) in [6.07, 6.45) is 2.86. The molecule has 0 aliphatic heterocycles. The average molecular weight is 396 g/mol. The maximum absolute atomic E-state index is 13.2. The normalized spacial score (nSPS) is 12.3. The van der Waals surface area contributed by atoms with Gasteiger partial charge in [-0.1, -0.05) is 36.5 Å². The zero-order chi connectivity index (χ0) is 18.8. The fourth-order valence-corrected chi connectivity index (χ4v) is 3.22. The average Bonchev–Trinajstić information content (AvgIpc) is 3.11. The van der Waals surface area contributed by atoms with Crippen molar-refractivity contribution in [1.29, 1.82) is 0 Å². The Labute approximate surface area is 157 Å². The monoisotopic (exact) mass is 395 g/mol. The van der Waals surface area contributed by atoms with Crippen molar-refractivity contribution in [3.05, 3.63) is 50.7 Å². The van der Waals surface area contributed by atoms with E-state index in [0.717, 1.165) is 0 Å². The Kier molecular flexibility index (Phi) is 5.15. The molecule has 136 valence electrons. The number of hydrogen-bond donors (Lipinski definition) is 3. The summed E-state index contributed by atoms with van der Waals surface area (Å²) < 4.78 is 1.30. The summed E-state index contributed by atoms with van der Waals surface area (Å²) in [5, 5.41) is 18.7. The van der Waals surface area contributed by atoms with E-state index in [-0.39, 0.29) is 26.8 Å². The van der Waals surface area contributed by atoms with Crippen LogP contribution in [0.25, 0.3) is 16.6 Å². The van der Waals surface area contributed by atoms with Crippen molar-refractivity contribution < 1.29 is 9.90 Å². The number of aromatic nitrogens is 4. The quantitative estimate of drug-likeness (QED) is 0.611. The van der Waals surface area contributed by atoms with Crippen LogP contribution in [0.4, 0.5) is 4.79 Å². The van der Waals surface area contributed by atoms with Gasteiger partial charge in [0.15, 0.2) is 0 Å². The van der Waals surface area contributed by atoms with Crippen LogP contribution in [0.1, 0.15) is 31.6 Å². The first-order chi connectivity index (χ1) is 12.4. The lowest BCUT2D eigenvalue weighted by Gasteiger charge is -2.20. The van der Waals surface area contributed by atoms with E-state index in [2.05, 4.69) is 20.5 Å². The van der Waals surface area contributed by atoms with Crippen LogP contribution in [0.2, 0.25) is 10.0 Å². The molecule has 0 aliphatic rings. The van der Waals surface area contributed by atoms with Crippen LogP contribution in [0.15, 0.2) is 29.3 Å². The highest BCUT2D eigenvalue weighted by Crippen LogP contribution is 2.29. The molecule has 10 heteroatoms. The zero-order valence-electron chi connectivity index (χ0n) is 13.7. The Bertz CT molecular complexity index is 1020. The first kappa shape index (κ1) is 18.2. The second kappa shape index (κ2) is 7.35. The van der Waals surface area contributed by atoms with Crippen molar-refractivity contribution in [2.45, 2.75) is 25.8 Å². The van der Waals surface area contributed by atoms with Crippen molar-refractivity contribution in [2.75, 3.05) is 0 Å². The third-order valence-electron chi connectivity index (χ3n) is 3.88. The number of nitrogens with zero attached hydrogens (tertiary/aromatic N) is 3. The molecular weight excluding hydrogens is 381 g/mol. The molecule has 0 bridgehead atoms. The highest BCUT2D eigenvalue weighted by atomic mass is 35.5. The van der Waals surface area contributed by atoms with Gasteiger partial charge in [-0.25, -0.2) is 9.78 Å². The van der Waals surface area contributed by atoms with E-state index in [1.54, 1.807) is 6.07 Å². The third kappa shape index (κ3) is 3.25. The van der Waals surface area contributed by atoms with Gasteiger partial charge in [-0.15, -0.1) is 0 Å². The van der Waals surface area contributed by atoms with Gasteiger partial charge in [-0.2, -0.15) is 5.10 Å². The Morgan fingerprint density at radius 1 is 1.38 bits per heavy atom. The first-order valence-corrected chi connectivity index (χ1v) is 8.59. The second-order valence-corrected chi connectivity index (χ2v) is 6.43. The molecule has 1 atom stereocenters. The van der Waals surface area contributed by atoms with Crippen molar-refractivity contribution in [1.82, 2.24) is 25.1 Å². The summed E-state index contributed by atoms with van der Waals surface area (Å²) in [4.78, 5) is 28.9. The Morgan fingerprint density at radius 3 is 2.73 bits per heavy atom. The fourth-order valence-electron chi connectivity index (χ4n) is 2.79. The summed E-state index contributed by atoms with van der Waals surface area (Å²) in [5.74, 6) is 0.220. The van der Waals surface area contributed by atoms with E-state index in [1.807, 2.05) is 6.92 Å². The molecular formula is C16H15Cl2N5O3. The van der Waals surface area contributed by atoms with Crippen LogP contribution in [0, 0.1) is 0 Å². The minimum Gasteiger partial charge on any atom is -0.465 e. The molecule has 1 amide bonds. The number of nitrogens with one attached hydrogen (secondary N) is 2. The lowest BCUT2D eigenvalue weighted by atomic mass is 10.1. The standard InChI is InChI=1S/C16H15Cl2N5O3/c1-2-3-11(21-16(25)26)14-22-13-10(18)5-4-9(17)12(13)15(24)23(14)8-6-19-20-7-8/h4-7,11,21H,2-3H2,1H3,(H,19,20)(H,25,26). The number of aromatic amines is 1. The molecule has 8 nitrogen and oxygen atoms in total. The van der Waals surface area contributed by atoms with Crippen LogP contribution in [0.3, 0.4) is 0 Å². The number of hydrogen-bond acceptors (Lipinski definition) is 4. The van der Waals surface area contributed by atoms with Gasteiger partial charge < -0.3 is 10.4 Å². The van der Waals surface area contributed by atoms with Crippen LogP contribution in [-0.2, 0) is 0 Å². The summed E-state index contributed by atoms with van der Waals surface area (Å²) >= 11 is 12.4. The van der Waals surface area contributed by atoms with Gasteiger partial charge in [0.1, 0.15) is 5.82 Å². The third-order valence-corrected chi connectivity index (χ3v) is 4.50. The highest BCUT2D eigenvalue weighted by molar-refractivity contribution is 6.39. The van der Waals surface area contributed by atoms with Gasteiger partial charge in [0, 0.05) is 6.20 Å². The molecule has 3 N–H and O–H groups in total. The largest absolute Gasteiger partial charge is 0.465 e. The predicted molar refractivity (Wildman–Crippen MR) is 98.3 cm³/mol. The number of carboxylic acid groups (broad SMARTS) is 1. The molecule has 3 aromatic rings. The number of fused-ring (bicyclic) bond motifs is 1. The van der Waals surface area contributed by atoms with Gasteiger partial charge in [0.25, 0.3) is 5.56 Å². The van der Waals surface area contributed by atoms with Crippen molar-refractivity contribution in [3.8, 4) is 5.69 Å². The minimum absolute atomic E-state index is 0.162. The van der Waals surface area contributed by atoms with Crippen molar-refractivity contribution >= 4 is 40.2 Å². The molecule has 0 aliphatic carbocycles.